The van der Waals surface area contributed by atoms with Crippen LogP contribution in [0.4, 0.5) is 4.39 Å². The molecule has 2 amide bonds. The minimum absolute atomic E-state index is 0.000387. The number of ether oxygens (including phenoxy) is 2. The predicted octanol–water partition coefficient (Wildman–Crippen LogP) is 6.80. The minimum Gasteiger partial charge on any atom is -0.492 e. The number of Topliss-reactive ketones (excluding diaryl/α,β-unsaturated/α-hetero) is 3. The molecule has 0 aliphatic carbocycles. The zero-order chi connectivity index (χ0) is 48.3. The average molecular weight is 914 g/mol. The second-order valence-corrected chi connectivity index (χ2v) is 18.0. The van der Waals surface area contributed by atoms with Crippen molar-refractivity contribution < 1.29 is 42.9 Å². The number of rotatable bonds is 25. The summed E-state index contributed by atoms with van der Waals surface area (Å²) in [5, 5.41) is 13.1. The molecule has 0 saturated heterocycles. The third kappa shape index (κ3) is 15.3. The number of likely N-dealkylation sites (N-methyl/N-ethyl adjacent to an activating group) is 1. The average Bonchev–Trinajstić information content (AvgIpc) is 3.29. The summed E-state index contributed by atoms with van der Waals surface area (Å²) in [5.41, 5.74) is 20.5. The molecule has 8 N–H and O–H groups in total. The number of nitrogens with two attached hydrogens (primary N) is 3. The standard InChI is InChI=1S/C51H73BFN5O8/c1-6-7-8-9-10-11-13-35-15-18-39(42(53)29-35)44(59)32-38(14-12-21-54)51(63)58(5)49-37-17-20-48(66-25-23-56)41(31-37)40-28-36(16-19-47(40)65-24-22-55)30-43(45(60)27-34(3)52(4)64)57-50(62)33(2)26-46(49)61/h15-20,28-29,31,33-34,38,43,49,64H,6-14,21-27,30,32,54-56H2,1-5H3,(H,57,62)/t33-,34-,38-,43+,49+/m1/s1. The van der Waals surface area contributed by atoms with E-state index in [1.807, 2.05) is 6.07 Å². The molecular weight excluding hydrogens is 840 g/mol. The lowest BCUT2D eigenvalue weighted by atomic mass is 9.58. The van der Waals surface area contributed by atoms with Crippen molar-refractivity contribution in [3.8, 4) is 22.6 Å². The van der Waals surface area contributed by atoms with E-state index < -0.39 is 60.0 Å². The molecule has 0 radical (unpaired) electrons. The van der Waals surface area contributed by atoms with E-state index >= 15 is 4.39 Å². The van der Waals surface area contributed by atoms with Crippen LogP contribution in [-0.4, -0.2) is 91.9 Å². The Balaban J connectivity index is 1.78. The van der Waals surface area contributed by atoms with Gasteiger partial charge in [0.2, 0.25) is 11.8 Å². The van der Waals surface area contributed by atoms with Crippen LogP contribution in [0.1, 0.15) is 124 Å². The van der Waals surface area contributed by atoms with E-state index in [0.717, 1.165) is 31.2 Å². The third-order valence-electron chi connectivity index (χ3n) is 12.6. The van der Waals surface area contributed by atoms with Gasteiger partial charge in [0, 0.05) is 62.4 Å². The summed E-state index contributed by atoms with van der Waals surface area (Å²) < 4.78 is 27.9. The van der Waals surface area contributed by atoms with Crippen molar-refractivity contribution in [2.45, 2.75) is 129 Å². The van der Waals surface area contributed by atoms with Gasteiger partial charge in [-0.1, -0.05) is 77.9 Å². The van der Waals surface area contributed by atoms with Crippen LogP contribution in [0.2, 0.25) is 12.6 Å². The number of fused-ring (bicyclic) bond motifs is 5. The largest absolute Gasteiger partial charge is 0.492 e. The number of hydrogen-bond acceptors (Lipinski definition) is 11. The Morgan fingerprint density at radius 2 is 1.52 bits per heavy atom. The van der Waals surface area contributed by atoms with Crippen LogP contribution >= 0.6 is 0 Å². The van der Waals surface area contributed by atoms with E-state index in [1.54, 1.807) is 57.1 Å². The third-order valence-corrected chi connectivity index (χ3v) is 12.6. The fraction of sp³-hybridized carbons (Fsp3) is 0.549. The zero-order valence-electron chi connectivity index (χ0n) is 39.8. The Morgan fingerprint density at radius 1 is 0.864 bits per heavy atom. The van der Waals surface area contributed by atoms with Crippen LogP contribution in [-0.2, 0) is 32.0 Å². The number of ketones is 3. The highest BCUT2D eigenvalue weighted by Crippen LogP contribution is 2.41. The summed E-state index contributed by atoms with van der Waals surface area (Å²) in [5.74, 6) is -4.40. The summed E-state index contributed by atoms with van der Waals surface area (Å²) >= 11 is 0. The lowest BCUT2D eigenvalue weighted by Gasteiger charge is -2.32. The normalized spacial score (nSPS) is 17.3. The number of nitrogens with zero attached hydrogens (tertiary/aromatic N) is 1. The van der Waals surface area contributed by atoms with E-state index in [9.17, 15) is 29.0 Å². The van der Waals surface area contributed by atoms with Crippen LogP contribution in [0.3, 0.4) is 0 Å². The number of benzene rings is 3. The molecular formula is C51H73BFN5O8. The maximum Gasteiger partial charge on any atom is 0.289 e. The van der Waals surface area contributed by atoms with Crippen molar-refractivity contribution in [2.24, 2.45) is 29.0 Å². The fourth-order valence-electron chi connectivity index (χ4n) is 8.46. The van der Waals surface area contributed by atoms with Crippen molar-refractivity contribution in [1.29, 1.82) is 0 Å². The highest BCUT2D eigenvalue weighted by Gasteiger charge is 2.37. The number of hydrogen-bond donors (Lipinski definition) is 5. The van der Waals surface area contributed by atoms with Gasteiger partial charge < -0.3 is 41.9 Å². The quantitative estimate of drug-likeness (QED) is 0.0338. The van der Waals surface area contributed by atoms with E-state index in [2.05, 4.69) is 12.2 Å². The zero-order valence-corrected chi connectivity index (χ0v) is 39.8. The first kappa shape index (κ1) is 53.7. The van der Waals surface area contributed by atoms with Gasteiger partial charge in [0.25, 0.3) is 6.92 Å². The summed E-state index contributed by atoms with van der Waals surface area (Å²) in [6.07, 6.45) is 7.42. The van der Waals surface area contributed by atoms with Crippen LogP contribution in [0.5, 0.6) is 11.5 Å². The Morgan fingerprint density at radius 3 is 2.15 bits per heavy atom. The molecule has 1 aliphatic heterocycles. The van der Waals surface area contributed by atoms with Crippen LogP contribution in [0, 0.1) is 17.7 Å². The lowest BCUT2D eigenvalue weighted by Crippen LogP contribution is -2.46. The maximum atomic E-state index is 15.6. The van der Waals surface area contributed by atoms with Gasteiger partial charge in [-0.3, -0.25) is 24.0 Å². The van der Waals surface area contributed by atoms with Crippen molar-refractivity contribution in [3.63, 3.8) is 0 Å². The number of aryl methyl sites for hydroxylation is 1. The first-order chi connectivity index (χ1) is 31.6. The smallest absolute Gasteiger partial charge is 0.289 e. The summed E-state index contributed by atoms with van der Waals surface area (Å²) in [6, 6.07) is 12.9. The van der Waals surface area contributed by atoms with Crippen LogP contribution in [0.25, 0.3) is 11.1 Å². The molecule has 3 aromatic carbocycles. The monoisotopic (exact) mass is 914 g/mol. The molecule has 13 nitrogen and oxygen atoms in total. The molecule has 0 unspecified atom stereocenters. The second-order valence-electron chi connectivity index (χ2n) is 18.0. The summed E-state index contributed by atoms with van der Waals surface area (Å²) in [4.78, 5) is 72.5. The number of unbranched alkanes of at least 4 members (excludes halogenated alkanes) is 5. The SMILES string of the molecule is CCCCCCCCc1ccc(C(=O)C[C@@H](CCCN)C(=O)N(C)[C@@H]2C(=O)C[C@@H](C)C(=O)N[C@H](C(=O)C[C@@H](C)B(C)O)Cc3ccc(OCCN)c(c3)-c3cc2ccc3OCCN)c(F)c1. The van der Waals surface area contributed by atoms with Crippen molar-refractivity contribution >= 4 is 36.1 Å². The molecule has 0 spiro atoms. The molecule has 5 atom stereocenters. The number of halogens is 1. The van der Waals surface area contributed by atoms with Gasteiger partial charge >= 0.3 is 0 Å². The highest BCUT2D eigenvalue weighted by molar-refractivity contribution is 6.50. The maximum absolute atomic E-state index is 15.6. The minimum atomic E-state index is -1.26. The second kappa shape index (κ2) is 27.0. The molecule has 66 heavy (non-hydrogen) atoms. The van der Waals surface area contributed by atoms with Crippen molar-refractivity contribution in [3.05, 3.63) is 82.7 Å². The van der Waals surface area contributed by atoms with Gasteiger partial charge in [-0.2, -0.15) is 0 Å². The molecule has 0 saturated carbocycles. The predicted molar refractivity (Wildman–Crippen MR) is 258 cm³/mol. The van der Waals surface area contributed by atoms with E-state index in [1.165, 1.54) is 36.9 Å². The fourth-order valence-corrected chi connectivity index (χ4v) is 8.46. The summed E-state index contributed by atoms with van der Waals surface area (Å²) in [6.45, 7) is 7.35. The van der Waals surface area contributed by atoms with Gasteiger partial charge in [-0.05, 0) is 97.6 Å². The van der Waals surface area contributed by atoms with Gasteiger partial charge in [0.15, 0.2) is 17.3 Å². The molecule has 1 aliphatic rings. The Hall–Kier alpha value is -4.96. The number of carbonyl (C=O) groups excluding carboxylic acids is 5. The Kier molecular flexibility index (Phi) is 22.0. The molecule has 1 heterocycles. The van der Waals surface area contributed by atoms with Crippen LogP contribution < -0.4 is 32.0 Å². The topological polar surface area (TPSA) is 217 Å². The molecule has 4 rings (SSSR count). The van der Waals surface area contributed by atoms with E-state index in [4.69, 9.17) is 26.7 Å². The first-order valence-corrected chi connectivity index (χ1v) is 23.9. The van der Waals surface area contributed by atoms with Gasteiger partial charge in [-0.15, -0.1) is 0 Å². The molecule has 15 heteroatoms. The van der Waals surface area contributed by atoms with Crippen molar-refractivity contribution in [1.82, 2.24) is 10.2 Å². The molecule has 3 aromatic rings. The Labute approximate surface area is 391 Å². The molecule has 4 bridgehead atoms. The van der Waals surface area contributed by atoms with Gasteiger partial charge in [0.05, 0.1) is 11.6 Å². The number of carbonyl (C=O) groups is 5. The van der Waals surface area contributed by atoms with Crippen molar-refractivity contribution in [2.75, 3.05) is 39.9 Å². The van der Waals surface area contributed by atoms with E-state index in [0.29, 0.717) is 46.6 Å². The van der Waals surface area contributed by atoms with E-state index in [-0.39, 0.29) is 82.1 Å². The molecule has 0 fully saturated rings. The lowest BCUT2D eigenvalue weighted by molar-refractivity contribution is -0.142. The van der Waals surface area contributed by atoms with Gasteiger partial charge in [-0.25, -0.2) is 4.39 Å². The number of amides is 2. The highest BCUT2D eigenvalue weighted by atomic mass is 19.1. The molecule has 0 aromatic heterocycles. The summed E-state index contributed by atoms with van der Waals surface area (Å²) in [7, 11) is 1.49. The van der Waals surface area contributed by atoms with Gasteiger partial charge in [0.1, 0.15) is 36.6 Å². The van der Waals surface area contributed by atoms with Crippen LogP contribution in [0.15, 0.2) is 54.6 Å². The molecule has 360 valence electrons. The number of nitrogens with one attached hydrogen (secondary N) is 1. The first-order valence-electron chi connectivity index (χ1n) is 23.9. The Bertz CT molecular complexity index is 2100.